The number of halogens is 1. The van der Waals surface area contributed by atoms with E-state index in [1.54, 1.807) is 6.92 Å². The third-order valence-electron chi connectivity index (χ3n) is 2.37. The zero-order chi connectivity index (χ0) is 13.9. The molecule has 0 saturated heterocycles. The van der Waals surface area contributed by atoms with Crippen molar-refractivity contribution in [3.63, 3.8) is 0 Å². The van der Waals surface area contributed by atoms with Crippen LogP contribution >= 0.6 is 27.7 Å². The van der Waals surface area contributed by atoms with Gasteiger partial charge in [0.2, 0.25) is 11.8 Å². The van der Waals surface area contributed by atoms with Crippen LogP contribution < -0.4 is 0 Å². The van der Waals surface area contributed by atoms with Crippen LogP contribution in [0.4, 0.5) is 0 Å². The molecular formula is C12H9BrN4O2S. The van der Waals surface area contributed by atoms with E-state index < -0.39 is 0 Å². The fourth-order valence-corrected chi connectivity index (χ4v) is 2.53. The zero-order valence-electron chi connectivity index (χ0n) is 10.4. The van der Waals surface area contributed by atoms with E-state index >= 15 is 0 Å². The molecule has 102 valence electrons. The van der Waals surface area contributed by atoms with E-state index in [2.05, 4.69) is 36.3 Å². The van der Waals surface area contributed by atoms with Gasteiger partial charge in [-0.3, -0.25) is 0 Å². The second-order valence-electron chi connectivity index (χ2n) is 3.91. The Balaban J connectivity index is 1.70. The molecule has 1 aromatic carbocycles. The maximum Gasteiger partial charge on any atom is 0.277 e. The normalized spacial score (nSPS) is 10.9. The maximum absolute atomic E-state index is 5.58. The smallest absolute Gasteiger partial charge is 0.277 e. The summed E-state index contributed by atoms with van der Waals surface area (Å²) in [6, 6.07) is 7.68. The minimum absolute atomic E-state index is 0.468. The van der Waals surface area contributed by atoms with Gasteiger partial charge < -0.3 is 8.94 Å². The van der Waals surface area contributed by atoms with Crippen molar-refractivity contribution in [2.24, 2.45) is 0 Å². The SMILES string of the molecule is Cc1noc(CSc2nnc(-c3cccc(Br)c3)o2)n1. The molecule has 0 N–H and O–H groups in total. The molecule has 2 heterocycles. The number of hydrogen-bond donors (Lipinski definition) is 0. The van der Waals surface area contributed by atoms with Crippen LogP contribution in [0.2, 0.25) is 0 Å². The Morgan fingerprint density at radius 3 is 2.95 bits per heavy atom. The molecule has 0 aliphatic carbocycles. The van der Waals surface area contributed by atoms with Gasteiger partial charge in [0.05, 0.1) is 5.75 Å². The van der Waals surface area contributed by atoms with Crippen molar-refractivity contribution in [1.29, 1.82) is 0 Å². The van der Waals surface area contributed by atoms with Gasteiger partial charge in [-0.1, -0.05) is 38.9 Å². The summed E-state index contributed by atoms with van der Waals surface area (Å²) < 4.78 is 11.6. The highest BCUT2D eigenvalue weighted by atomic mass is 79.9. The first kappa shape index (κ1) is 13.3. The predicted molar refractivity (Wildman–Crippen MR) is 76.0 cm³/mol. The van der Waals surface area contributed by atoms with Gasteiger partial charge in [-0.2, -0.15) is 4.98 Å². The third kappa shape index (κ3) is 3.07. The quantitative estimate of drug-likeness (QED) is 0.665. The Kier molecular flexibility index (Phi) is 3.83. The molecule has 3 aromatic rings. The highest BCUT2D eigenvalue weighted by molar-refractivity contribution is 9.10. The Hall–Kier alpha value is -1.67. The van der Waals surface area contributed by atoms with Crippen molar-refractivity contribution >= 4 is 27.7 Å². The molecule has 8 heteroatoms. The topological polar surface area (TPSA) is 77.8 Å². The van der Waals surface area contributed by atoms with Gasteiger partial charge in [0.15, 0.2) is 5.82 Å². The van der Waals surface area contributed by atoms with Gasteiger partial charge in [0.25, 0.3) is 5.22 Å². The molecule has 0 bridgehead atoms. The first-order valence-electron chi connectivity index (χ1n) is 5.72. The molecule has 0 aliphatic heterocycles. The molecule has 0 atom stereocenters. The fraction of sp³-hybridized carbons (Fsp3) is 0.167. The van der Waals surface area contributed by atoms with Gasteiger partial charge in [0.1, 0.15) is 0 Å². The molecule has 0 fully saturated rings. The lowest BCUT2D eigenvalue weighted by Crippen LogP contribution is -1.80. The summed E-state index contributed by atoms with van der Waals surface area (Å²) in [6.45, 7) is 1.77. The first-order valence-corrected chi connectivity index (χ1v) is 7.50. The van der Waals surface area contributed by atoms with Crippen LogP contribution in [0.1, 0.15) is 11.7 Å². The summed E-state index contributed by atoms with van der Waals surface area (Å²) in [5.74, 6) is 2.13. The van der Waals surface area contributed by atoms with Crippen molar-refractivity contribution in [3.8, 4) is 11.5 Å². The number of hydrogen-bond acceptors (Lipinski definition) is 7. The van der Waals surface area contributed by atoms with Crippen LogP contribution in [-0.4, -0.2) is 20.3 Å². The average molecular weight is 353 g/mol. The summed E-state index contributed by atoms with van der Waals surface area (Å²) in [6.07, 6.45) is 0. The summed E-state index contributed by atoms with van der Waals surface area (Å²) in [4.78, 5) is 4.11. The van der Waals surface area contributed by atoms with Gasteiger partial charge in [-0.25, -0.2) is 0 Å². The molecule has 0 saturated carbocycles. The number of aromatic nitrogens is 4. The molecular weight excluding hydrogens is 344 g/mol. The number of rotatable bonds is 4. The molecule has 0 spiro atoms. The molecule has 0 unspecified atom stereocenters. The minimum atomic E-state index is 0.468. The Morgan fingerprint density at radius 1 is 1.30 bits per heavy atom. The van der Waals surface area contributed by atoms with Crippen molar-refractivity contribution in [3.05, 3.63) is 40.5 Å². The summed E-state index contributed by atoms with van der Waals surface area (Å²) in [5.41, 5.74) is 0.868. The molecule has 0 amide bonds. The molecule has 2 aromatic heterocycles. The summed E-state index contributed by atoms with van der Waals surface area (Å²) in [5, 5.41) is 12.2. The van der Waals surface area contributed by atoms with E-state index in [1.807, 2.05) is 24.3 Å². The Labute approximate surface area is 127 Å². The van der Waals surface area contributed by atoms with E-state index in [0.29, 0.717) is 28.6 Å². The van der Waals surface area contributed by atoms with E-state index in [4.69, 9.17) is 8.94 Å². The van der Waals surface area contributed by atoms with Gasteiger partial charge in [-0.05, 0) is 25.1 Å². The number of aryl methyl sites for hydroxylation is 1. The molecule has 0 radical (unpaired) electrons. The molecule has 3 rings (SSSR count). The van der Waals surface area contributed by atoms with E-state index in [-0.39, 0.29) is 0 Å². The number of nitrogens with zero attached hydrogens (tertiary/aromatic N) is 4. The minimum Gasteiger partial charge on any atom is -0.411 e. The second kappa shape index (κ2) is 5.76. The highest BCUT2D eigenvalue weighted by Crippen LogP contribution is 2.26. The fourth-order valence-electron chi connectivity index (χ4n) is 1.53. The molecule has 0 aliphatic rings. The third-order valence-corrected chi connectivity index (χ3v) is 3.66. The number of thioether (sulfide) groups is 1. The lowest BCUT2D eigenvalue weighted by atomic mass is 10.2. The first-order chi connectivity index (χ1) is 9.70. The van der Waals surface area contributed by atoms with Gasteiger partial charge in [-0.15, -0.1) is 10.2 Å². The van der Waals surface area contributed by atoms with Gasteiger partial charge >= 0.3 is 0 Å². The van der Waals surface area contributed by atoms with Crippen LogP contribution in [0, 0.1) is 6.92 Å². The van der Waals surface area contributed by atoms with Crippen LogP contribution in [0.15, 0.2) is 42.9 Å². The Bertz CT molecular complexity index is 728. The standard InChI is InChI=1S/C12H9BrN4O2S/c1-7-14-10(19-17-7)6-20-12-16-15-11(18-12)8-3-2-4-9(13)5-8/h2-5H,6H2,1H3. The Morgan fingerprint density at radius 2 is 2.20 bits per heavy atom. The predicted octanol–water partition coefficient (Wildman–Crippen LogP) is 3.48. The van der Waals surface area contributed by atoms with Crippen molar-refractivity contribution in [1.82, 2.24) is 20.3 Å². The van der Waals surface area contributed by atoms with Crippen molar-refractivity contribution < 1.29 is 8.94 Å². The summed E-state index contributed by atoms with van der Waals surface area (Å²) in [7, 11) is 0. The highest BCUT2D eigenvalue weighted by Gasteiger charge is 2.11. The summed E-state index contributed by atoms with van der Waals surface area (Å²) >= 11 is 4.77. The largest absolute Gasteiger partial charge is 0.411 e. The van der Waals surface area contributed by atoms with Crippen molar-refractivity contribution in [2.45, 2.75) is 17.9 Å². The lowest BCUT2D eigenvalue weighted by Gasteiger charge is -1.94. The zero-order valence-corrected chi connectivity index (χ0v) is 12.8. The monoisotopic (exact) mass is 352 g/mol. The van der Waals surface area contributed by atoms with Crippen LogP contribution in [0.25, 0.3) is 11.5 Å². The van der Waals surface area contributed by atoms with Crippen LogP contribution in [0.3, 0.4) is 0 Å². The average Bonchev–Trinajstić information content (AvgIpc) is 3.05. The lowest BCUT2D eigenvalue weighted by molar-refractivity contribution is 0.386. The van der Waals surface area contributed by atoms with Gasteiger partial charge in [0, 0.05) is 10.0 Å². The molecule has 20 heavy (non-hydrogen) atoms. The second-order valence-corrected chi connectivity index (χ2v) is 5.75. The van der Waals surface area contributed by atoms with E-state index in [9.17, 15) is 0 Å². The van der Waals surface area contributed by atoms with Crippen LogP contribution in [-0.2, 0) is 5.75 Å². The number of benzene rings is 1. The van der Waals surface area contributed by atoms with E-state index in [1.165, 1.54) is 11.8 Å². The van der Waals surface area contributed by atoms with E-state index in [0.717, 1.165) is 10.0 Å². The maximum atomic E-state index is 5.58. The van der Waals surface area contributed by atoms with Crippen LogP contribution in [0.5, 0.6) is 0 Å². The molecule has 6 nitrogen and oxygen atoms in total. The van der Waals surface area contributed by atoms with Crippen molar-refractivity contribution in [2.75, 3.05) is 0 Å².